The van der Waals surface area contributed by atoms with Gasteiger partial charge in [-0.15, -0.1) is 0 Å². The van der Waals surface area contributed by atoms with Gasteiger partial charge in [0.1, 0.15) is 0 Å². The quantitative estimate of drug-likeness (QED) is 0.803. The van der Waals surface area contributed by atoms with Crippen LogP contribution in [-0.4, -0.2) is 22.9 Å². The van der Waals surface area contributed by atoms with E-state index in [-0.39, 0.29) is 17.1 Å². The fourth-order valence-corrected chi connectivity index (χ4v) is 2.49. The van der Waals surface area contributed by atoms with Gasteiger partial charge in [0.2, 0.25) is 0 Å². The molecule has 0 radical (unpaired) electrons. The van der Waals surface area contributed by atoms with Crippen molar-refractivity contribution in [2.45, 2.75) is 38.9 Å². The van der Waals surface area contributed by atoms with E-state index in [0.29, 0.717) is 5.46 Å². The number of rotatable bonds is 3. The van der Waals surface area contributed by atoms with Crippen molar-refractivity contribution in [3.05, 3.63) is 52.7 Å². The highest BCUT2D eigenvalue weighted by Crippen LogP contribution is 2.36. The molecule has 0 bridgehead atoms. The molecule has 2 heterocycles. The second-order valence-electron chi connectivity index (χ2n) is 7.17. The van der Waals surface area contributed by atoms with Crippen LogP contribution in [0.15, 0.2) is 41.3 Å². The first-order valence-corrected chi connectivity index (χ1v) is 8.09. The molecule has 1 saturated heterocycles. The van der Waals surface area contributed by atoms with Crippen molar-refractivity contribution >= 4 is 12.6 Å². The van der Waals surface area contributed by atoms with Crippen molar-refractivity contribution in [3.63, 3.8) is 0 Å². The molecule has 1 aromatic carbocycles. The van der Waals surface area contributed by atoms with E-state index in [1.165, 1.54) is 22.8 Å². The average Bonchev–Trinajstić information content (AvgIpc) is 2.74. The van der Waals surface area contributed by atoms with Gasteiger partial charge in [-0.25, -0.2) is 4.39 Å². The molecule has 2 aromatic rings. The summed E-state index contributed by atoms with van der Waals surface area (Å²) in [6.07, 6.45) is 1.60. The second kappa shape index (κ2) is 6.00. The first-order valence-electron chi connectivity index (χ1n) is 8.09. The highest BCUT2D eigenvalue weighted by Gasteiger charge is 2.51. The summed E-state index contributed by atoms with van der Waals surface area (Å²) < 4.78 is 33.1. The molecule has 0 spiro atoms. The lowest BCUT2D eigenvalue weighted by Gasteiger charge is -2.32. The molecule has 0 amide bonds. The number of halogens is 1. The molecule has 1 aliphatic rings. The van der Waals surface area contributed by atoms with Crippen LogP contribution in [0.2, 0.25) is 0 Å². The van der Waals surface area contributed by atoms with Crippen LogP contribution in [0.4, 0.5) is 4.39 Å². The van der Waals surface area contributed by atoms with E-state index in [9.17, 15) is 9.18 Å². The van der Waals surface area contributed by atoms with E-state index >= 15 is 0 Å². The zero-order valence-electron chi connectivity index (χ0n) is 15.0. The van der Waals surface area contributed by atoms with Crippen molar-refractivity contribution < 1.29 is 18.4 Å². The highest BCUT2D eigenvalue weighted by molar-refractivity contribution is 6.62. The largest absolute Gasteiger partial charge is 0.494 e. The van der Waals surface area contributed by atoms with Gasteiger partial charge in [-0.2, -0.15) is 0 Å². The fraction of sp³-hybridized carbons (Fsp3) is 0.389. The van der Waals surface area contributed by atoms with Gasteiger partial charge in [-0.1, -0.05) is 6.07 Å². The van der Waals surface area contributed by atoms with Gasteiger partial charge in [0, 0.05) is 13.2 Å². The first kappa shape index (κ1) is 17.7. The Morgan fingerprint density at radius 3 is 2.32 bits per heavy atom. The number of hydrogen-bond donors (Lipinski definition) is 0. The van der Waals surface area contributed by atoms with E-state index in [1.54, 1.807) is 25.4 Å². The number of aromatic nitrogens is 1. The van der Waals surface area contributed by atoms with Gasteiger partial charge in [-0.05, 0) is 57.4 Å². The van der Waals surface area contributed by atoms with Crippen LogP contribution in [0.25, 0.3) is 0 Å². The Morgan fingerprint density at radius 2 is 1.72 bits per heavy atom. The molecule has 1 fully saturated rings. The molecule has 0 aliphatic carbocycles. The highest BCUT2D eigenvalue weighted by atomic mass is 19.1. The monoisotopic (exact) mass is 345 g/mol. The van der Waals surface area contributed by atoms with E-state index in [1.807, 2.05) is 27.7 Å². The smallest absolute Gasteiger partial charge is 0.448 e. The summed E-state index contributed by atoms with van der Waals surface area (Å²) in [4.78, 5) is 12.0. The lowest BCUT2D eigenvalue weighted by atomic mass is 9.79. The standard InChI is InChI=1S/C18H21BFNO4/c1-17(2)18(3,4)25-19(24-17)12-8-9-14(13(20)11-12)23-15-7-6-10-21(5)16(15)22/h6-11H,1-5H3. The summed E-state index contributed by atoms with van der Waals surface area (Å²) in [5.41, 5.74) is -0.777. The molecular formula is C18H21BFNO4. The maximum Gasteiger partial charge on any atom is 0.494 e. The third-order valence-electron chi connectivity index (χ3n) is 4.79. The SMILES string of the molecule is Cn1cccc(Oc2ccc(B3OC(C)(C)C(C)(C)O3)cc2F)c1=O. The Labute approximate surface area is 146 Å². The topological polar surface area (TPSA) is 49.7 Å². The van der Waals surface area contributed by atoms with Crippen LogP contribution in [0.5, 0.6) is 11.5 Å². The zero-order valence-corrected chi connectivity index (χ0v) is 15.0. The number of ether oxygens (including phenoxy) is 1. The minimum absolute atomic E-state index is 0.0245. The molecule has 3 rings (SSSR count). The molecule has 7 heteroatoms. The summed E-state index contributed by atoms with van der Waals surface area (Å²) in [6.45, 7) is 7.75. The van der Waals surface area contributed by atoms with Crippen LogP contribution in [0.3, 0.4) is 0 Å². The summed E-state index contributed by atoms with van der Waals surface area (Å²) in [6, 6.07) is 7.62. The first-order chi connectivity index (χ1) is 11.6. The molecule has 1 aliphatic heterocycles. The summed E-state index contributed by atoms with van der Waals surface area (Å²) >= 11 is 0. The molecule has 0 atom stereocenters. The summed E-state index contributed by atoms with van der Waals surface area (Å²) in [5, 5.41) is 0. The Balaban J connectivity index is 1.85. The van der Waals surface area contributed by atoms with E-state index in [2.05, 4.69) is 0 Å². The molecule has 25 heavy (non-hydrogen) atoms. The lowest BCUT2D eigenvalue weighted by molar-refractivity contribution is 0.00578. The minimum Gasteiger partial charge on any atom is -0.448 e. The van der Waals surface area contributed by atoms with Crippen molar-refractivity contribution in [1.82, 2.24) is 4.57 Å². The molecule has 0 saturated carbocycles. The van der Waals surface area contributed by atoms with Crippen LogP contribution in [-0.2, 0) is 16.4 Å². The summed E-state index contributed by atoms with van der Waals surface area (Å²) in [5.74, 6) is -0.547. The lowest BCUT2D eigenvalue weighted by Crippen LogP contribution is -2.41. The fourth-order valence-electron chi connectivity index (χ4n) is 2.49. The predicted octanol–water partition coefficient (Wildman–Crippen LogP) is 2.62. The van der Waals surface area contributed by atoms with Gasteiger partial charge in [0.15, 0.2) is 17.3 Å². The number of benzene rings is 1. The Bertz CT molecular complexity index is 846. The zero-order chi connectivity index (χ0) is 18.4. The van der Waals surface area contributed by atoms with Crippen LogP contribution in [0.1, 0.15) is 27.7 Å². The molecule has 0 unspecified atom stereocenters. The van der Waals surface area contributed by atoms with E-state index in [0.717, 1.165) is 0 Å². The molecule has 1 aromatic heterocycles. The molecule has 5 nitrogen and oxygen atoms in total. The van der Waals surface area contributed by atoms with Crippen LogP contribution < -0.4 is 15.8 Å². The van der Waals surface area contributed by atoms with Gasteiger partial charge in [0.25, 0.3) is 5.56 Å². The third-order valence-corrected chi connectivity index (χ3v) is 4.79. The average molecular weight is 345 g/mol. The number of aryl methyl sites for hydroxylation is 1. The van der Waals surface area contributed by atoms with E-state index < -0.39 is 24.1 Å². The van der Waals surface area contributed by atoms with Crippen molar-refractivity contribution in [3.8, 4) is 11.5 Å². The Morgan fingerprint density at radius 1 is 1.08 bits per heavy atom. The minimum atomic E-state index is -0.654. The number of pyridine rings is 1. The van der Waals surface area contributed by atoms with Crippen LogP contribution in [0, 0.1) is 5.82 Å². The van der Waals surface area contributed by atoms with Crippen molar-refractivity contribution in [1.29, 1.82) is 0 Å². The van der Waals surface area contributed by atoms with Crippen molar-refractivity contribution in [2.24, 2.45) is 7.05 Å². The van der Waals surface area contributed by atoms with Gasteiger partial charge < -0.3 is 18.6 Å². The van der Waals surface area contributed by atoms with Crippen molar-refractivity contribution in [2.75, 3.05) is 0 Å². The van der Waals surface area contributed by atoms with Crippen LogP contribution >= 0.6 is 0 Å². The number of nitrogens with zero attached hydrogens (tertiary/aromatic N) is 1. The predicted molar refractivity (Wildman–Crippen MR) is 93.9 cm³/mol. The normalized spacial score (nSPS) is 18.4. The van der Waals surface area contributed by atoms with Gasteiger partial charge >= 0.3 is 7.12 Å². The van der Waals surface area contributed by atoms with E-state index in [4.69, 9.17) is 14.0 Å². The van der Waals surface area contributed by atoms with Gasteiger partial charge in [-0.3, -0.25) is 4.79 Å². The summed E-state index contributed by atoms with van der Waals surface area (Å²) in [7, 11) is 0.950. The number of hydrogen-bond acceptors (Lipinski definition) is 4. The molecule has 0 N–H and O–H groups in total. The molecular weight excluding hydrogens is 324 g/mol. The second-order valence-corrected chi connectivity index (χ2v) is 7.17. The third kappa shape index (κ3) is 3.21. The Kier molecular flexibility index (Phi) is 4.25. The van der Waals surface area contributed by atoms with Gasteiger partial charge in [0.05, 0.1) is 11.2 Å². The maximum atomic E-state index is 14.5. The molecule has 132 valence electrons. The maximum absolute atomic E-state index is 14.5. The Hall–Kier alpha value is -2.12.